The molecule has 0 saturated carbocycles. The highest BCUT2D eigenvalue weighted by molar-refractivity contribution is 5.60. The largest absolute Gasteiger partial charge is 0.486 e. The normalized spacial score (nSPS) is 15.8. The number of ether oxygens (including phenoxy) is 1. The quantitative estimate of drug-likeness (QED) is 0.715. The summed E-state index contributed by atoms with van der Waals surface area (Å²) in [5.74, 6) is 1.89. The molecule has 0 saturated heterocycles. The maximum atomic E-state index is 8.89. The number of anilines is 1. The molecule has 0 unspecified atom stereocenters. The van der Waals surface area contributed by atoms with E-state index in [4.69, 9.17) is 14.4 Å². The van der Waals surface area contributed by atoms with E-state index in [1.807, 2.05) is 36.4 Å². The molecule has 0 radical (unpaired) electrons. The van der Waals surface area contributed by atoms with Crippen LogP contribution in [-0.4, -0.2) is 22.8 Å². The van der Waals surface area contributed by atoms with Crippen LogP contribution in [0, 0.1) is 11.3 Å². The van der Waals surface area contributed by atoms with E-state index in [0.717, 1.165) is 30.0 Å². The number of nitriles is 1. The summed E-state index contributed by atoms with van der Waals surface area (Å²) in [5, 5.41) is 17.2. The van der Waals surface area contributed by atoms with E-state index >= 15 is 0 Å². The van der Waals surface area contributed by atoms with Gasteiger partial charge in [0.25, 0.3) is 0 Å². The first-order chi connectivity index (χ1) is 12.8. The Hall–Kier alpha value is -3.33. The minimum atomic E-state index is 0.144. The Morgan fingerprint density at radius 1 is 1.15 bits per heavy atom. The van der Waals surface area contributed by atoms with Crippen molar-refractivity contribution in [3.8, 4) is 23.3 Å². The number of rotatable bonds is 4. The first kappa shape index (κ1) is 16.2. The summed E-state index contributed by atoms with van der Waals surface area (Å²) in [5.41, 5.74) is 2.44. The van der Waals surface area contributed by atoms with E-state index in [1.165, 1.54) is 0 Å². The van der Waals surface area contributed by atoms with Gasteiger partial charge in [0.1, 0.15) is 11.9 Å². The van der Waals surface area contributed by atoms with E-state index in [2.05, 4.69) is 28.1 Å². The summed E-state index contributed by atoms with van der Waals surface area (Å²) in [6, 6.07) is 17.2. The molecule has 0 amide bonds. The lowest BCUT2D eigenvalue weighted by Crippen LogP contribution is -2.39. The Morgan fingerprint density at radius 3 is 2.73 bits per heavy atom. The Morgan fingerprint density at radius 2 is 1.96 bits per heavy atom. The van der Waals surface area contributed by atoms with Crippen LogP contribution in [0.1, 0.15) is 24.8 Å². The number of hydrogen-bond donors (Lipinski definition) is 0. The predicted molar refractivity (Wildman–Crippen MR) is 96.6 cm³/mol. The number of para-hydroxylation sites is 2. The molecule has 2 heterocycles. The summed E-state index contributed by atoms with van der Waals surface area (Å²) in [6.07, 6.45) is 1.08. The highest BCUT2D eigenvalue weighted by Gasteiger charge is 2.25. The molecule has 130 valence electrons. The minimum absolute atomic E-state index is 0.144. The maximum Gasteiger partial charge on any atom is 0.247 e. The number of hydrogen-bond acceptors (Lipinski definition) is 6. The lowest BCUT2D eigenvalue weighted by atomic mass is 10.1. The Labute approximate surface area is 151 Å². The molecule has 0 aliphatic carbocycles. The molecule has 1 aliphatic heterocycles. The zero-order chi connectivity index (χ0) is 17.9. The molecule has 1 atom stereocenters. The second kappa shape index (κ2) is 6.89. The zero-order valence-corrected chi connectivity index (χ0v) is 14.4. The molecule has 0 spiro atoms. The van der Waals surface area contributed by atoms with Gasteiger partial charge in [-0.3, -0.25) is 0 Å². The van der Waals surface area contributed by atoms with Crippen LogP contribution in [0.5, 0.6) is 5.75 Å². The number of nitrogens with zero attached hydrogens (tertiary/aromatic N) is 4. The van der Waals surface area contributed by atoms with Gasteiger partial charge in [-0.05, 0) is 42.8 Å². The van der Waals surface area contributed by atoms with Crippen molar-refractivity contribution in [1.29, 1.82) is 5.26 Å². The van der Waals surface area contributed by atoms with Crippen LogP contribution in [0.4, 0.5) is 5.69 Å². The highest BCUT2D eigenvalue weighted by Crippen LogP contribution is 2.34. The first-order valence-electron chi connectivity index (χ1n) is 8.60. The second-order valence-corrected chi connectivity index (χ2v) is 6.19. The van der Waals surface area contributed by atoms with E-state index in [1.54, 1.807) is 12.1 Å². The zero-order valence-electron chi connectivity index (χ0n) is 14.4. The van der Waals surface area contributed by atoms with Crippen molar-refractivity contribution in [1.82, 2.24) is 10.2 Å². The molecule has 0 bridgehead atoms. The van der Waals surface area contributed by atoms with Gasteiger partial charge in [0.2, 0.25) is 11.8 Å². The smallest absolute Gasteiger partial charge is 0.247 e. The van der Waals surface area contributed by atoms with Gasteiger partial charge in [-0.25, -0.2) is 0 Å². The van der Waals surface area contributed by atoms with E-state index in [9.17, 15) is 0 Å². The predicted octanol–water partition coefficient (Wildman–Crippen LogP) is 3.79. The third-order valence-corrected chi connectivity index (χ3v) is 4.43. The third-order valence-electron chi connectivity index (χ3n) is 4.43. The topological polar surface area (TPSA) is 75.2 Å². The third kappa shape index (κ3) is 3.11. The number of benzene rings is 2. The monoisotopic (exact) mass is 346 g/mol. The van der Waals surface area contributed by atoms with Crippen molar-refractivity contribution in [2.75, 3.05) is 11.4 Å². The van der Waals surface area contributed by atoms with Crippen molar-refractivity contribution in [2.24, 2.45) is 0 Å². The van der Waals surface area contributed by atoms with Crippen LogP contribution in [0.15, 0.2) is 52.9 Å². The van der Waals surface area contributed by atoms with E-state index < -0.39 is 0 Å². The SMILES string of the molecule is CC[C@@H]1CN(Cc2nnc(-c3ccc(C#N)cc3)o2)c2ccccc2O1. The van der Waals surface area contributed by atoms with Crippen molar-refractivity contribution in [3.05, 3.63) is 60.0 Å². The fraction of sp³-hybridized carbons (Fsp3) is 0.250. The van der Waals surface area contributed by atoms with Crippen LogP contribution in [-0.2, 0) is 6.54 Å². The van der Waals surface area contributed by atoms with Gasteiger partial charge in [-0.1, -0.05) is 19.1 Å². The number of fused-ring (bicyclic) bond motifs is 1. The molecule has 26 heavy (non-hydrogen) atoms. The van der Waals surface area contributed by atoms with Gasteiger partial charge in [0.05, 0.1) is 30.4 Å². The van der Waals surface area contributed by atoms with Crippen molar-refractivity contribution >= 4 is 5.69 Å². The fourth-order valence-electron chi connectivity index (χ4n) is 3.03. The molecule has 4 rings (SSSR count). The van der Waals surface area contributed by atoms with E-state index in [-0.39, 0.29) is 6.10 Å². The second-order valence-electron chi connectivity index (χ2n) is 6.19. The fourth-order valence-corrected chi connectivity index (χ4v) is 3.03. The Balaban J connectivity index is 1.56. The Bertz CT molecular complexity index is 943. The first-order valence-corrected chi connectivity index (χ1v) is 8.60. The molecule has 1 aromatic heterocycles. The lowest BCUT2D eigenvalue weighted by molar-refractivity contribution is 0.187. The van der Waals surface area contributed by atoms with Crippen molar-refractivity contribution in [3.63, 3.8) is 0 Å². The summed E-state index contributed by atoms with van der Waals surface area (Å²) in [4.78, 5) is 2.21. The van der Waals surface area contributed by atoms with Gasteiger partial charge in [0.15, 0.2) is 0 Å². The molecule has 3 aromatic rings. The summed E-state index contributed by atoms with van der Waals surface area (Å²) >= 11 is 0. The van der Waals surface area contributed by atoms with Gasteiger partial charge in [-0.15, -0.1) is 10.2 Å². The lowest BCUT2D eigenvalue weighted by Gasteiger charge is -2.35. The van der Waals surface area contributed by atoms with Gasteiger partial charge < -0.3 is 14.1 Å². The molecule has 6 nitrogen and oxygen atoms in total. The summed E-state index contributed by atoms with van der Waals surface area (Å²) < 4.78 is 11.9. The minimum Gasteiger partial charge on any atom is -0.486 e. The van der Waals surface area contributed by atoms with Crippen LogP contribution in [0.2, 0.25) is 0 Å². The van der Waals surface area contributed by atoms with Gasteiger partial charge >= 0.3 is 0 Å². The molecule has 6 heteroatoms. The van der Waals surface area contributed by atoms with Crippen LogP contribution in [0.25, 0.3) is 11.5 Å². The molecule has 0 fully saturated rings. The molecular formula is C20H18N4O2. The van der Waals surface area contributed by atoms with Crippen LogP contribution >= 0.6 is 0 Å². The number of aromatic nitrogens is 2. The van der Waals surface area contributed by atoms with Crippen LogP contribution in [0.3, 0.4) is 0 Å². The Kier molecular flexibility index (Phi) is 4.28. The van der Waals surface area contributed by atoms with Crippen molar-refractivity contribution < 1.29 is 9.15 Å². The van der Waals surface area contributed by atoms with Gasteiger partial charge in [0, 0.05) is 5.56 Å². The summed E-state index contributed by atoms with van der Waals surface area (Å²) in [7, 11) is 0. The maximum absolute atomic E-state index is 8.89. The highest BCUT2D eigenvalue weighted by atomic mass is 16.5. The van der Waals surface area contributed by atoms with E-state index in [0.29, 0.717) is 23.9 Å². The molecule has 1 aliphatic rings. The molecular weight excluding hydrogens is 328 g/mol. The van der Waals surface area contributed by atoms with Gasteiger partial charge in [-0.2, -0.15) is 5.26 Å². The standard InChI is InChI=1S/C20H18N4O2/c1-2-16-12-24(17-5-3-4-6-18(17)25-16)13-19-22-23-20(26-19)15-9-7-14(11-21)8-10-15/h3-10,16H,2,12-13H2,1H3/t16-/m1/s1. The molecule has 2 aromatic carbocycles. The summed E-state index contributed by atoms with van der Waals surface area (Å²) in [6.45, 7) is 3.43. The van der Waals surface area contributed by atoms with Crippen LogP contribution < -0.4 is 9.64 Å². The average Bonchev–Trinajstić information content (AvgIpc) is 3.16. The molecule has 0 N–H and O–H groups in total. The van der Waals surface area contributed by atoms with Crippen molar-refractivity contribution in [2.45, 2.75) is 26.0 Å². The average molecular weight is 346 g/mol.